The van der Waals surface area contributed by atoms with Gasteiger partial charge in [-0.3, -0.25) is 0 Å². The van der Waals surface area contributed by atoms with Gasteiger partial charge in [0.2, 0.25) is 0 Å². The van der Waals surface area contributed by atoms with Crippen molar-refractivity contribution in [1.29, 1.82) is 0 Å². The van der Waals surface area contributed by atoms with E-state index in [4.69, 9.17) is 11.5 Å². The molecular formula is C6H22N2Y-2. The van der Waals surface area contributed by atoms with E-state index in [1.165, 1.54) is 7.05 Å². The van der Waals surface area contributed by atoms with E-state index in [1.54, 1.807) is 6.92 Å². The maximum absolute atomic E-state index is 6.21. The molecule has 0 aliphatic carbocycles. The number of rotatable bonds is 0. The first-order chi connectivity index (χ1) is 2.41. The molecular weight excluding hydrogens is 189 g/mol. The molecule has 2 N–H and O–H groups in total. The molecule has 0 spiro atoms. The third kappa shape index (κ3) is 425. The second-order valence-electron chi connectivity index (χ2n) is 0.354. The predicted molar refractivity (Wildman–Crippen MR) is 45.3 cm³/mol. The van der Waals surface area contributed by atoms with Crippen LogP contribution in [0.1, 0.15) is 29.2 Å². The molecule has 9 heavy (non-hydrogen) atoms. The SMILES string of the molecule is C.C.C.CC[NH-].C[NH-].[Y]. The molecule has 61 valence electrons. The van der Waals surface area contributed by atoms with Gasteiger partial charge in [0, 0.05) is 32.7 Å². The summed E-state index contributed by atoms with van der Waals surface area (Å²) in [5.74, 6) is 0. The Morgan fingerprint density at radius 2 is 1.00 bits per heavy atom. The van der Waals surface area contributed by atoms with Gasteiger partial charge < -0.3 is 11.5 Å². The van der Waals surface area contributed by atoms with Crippen molar-refractivity contribution >= 4 is 0 Å². The number of hydrogen-bond donors (Lipinski definition) is 0. The Hall–Kier alpha value is 1.02. The van der Waals surface area contributed by atoms with Gasteiger partial charge in [0.25, 0.3) is 0 Å². The van der Waals surface area contributed by atoms with Crippen molar-refractivity contribution in [1.82, 2.24) is 0 Å². The molecule has 0 aromatic rings. The third-order valence-corrected chi connectivity index (χ3v) is 0. The predicted octanol–water partition coefficient (Wildman–Crippen LogP) is 3.63. The second kappa shape index (κ2) is 142. The molecule has 0 saturated heterocycles. The summed E-state index contributed by atoms with van der Waals surface area (Å²) in [5, 5.41) is 0. The Kier molecular flexibility index (Phi) is 794. The number of hydrogen-bond acceptors (Lipinski definition) is 0. The van der Waals surface area contributed by atoms with E-state index >= 15 is 0 Å². The van der Waals surface area contributed by atoms with E-state index in [1.807, 2.05) is 0 Å². The summed E-state index contributed by atoms with van der Waals surface area (Å²) < 4.78 is 0. The molecule has 2 nitrogen and oxygen atoms in total. The third-order valence-electron chi connectivity index (χ3n) is 0. The Balaban J connectivity index is -0.00000000357. The summed E-state index contributed by atoms with van der Waals surface area (Å²) in [6.45, 7) is 2.29. The molecule has 0 aromatic carbocycles. The minimum Gasteiger partial charge on any atom is -0.680 e. The molecule has 0 fully saturated rings. The van der Waals surface area contributed by atoms with E-state index in [9.17, 15) is 0 Å². The van der Waals surface area contributed by atoms with Crippen LogP contribution >= 0.6 is 0 Å². The molecule has 0 aliphatic rings. The molecule has 3 heteroatoms. The maximum atomic E-state index is 6.21. The van der Waals surface area contributed by atoms with Gasteiger partial charge in [0.15, 0.2) is 0 Å². The first kappa shape index (κ1) is 50.4. The van der Waals surface area contributed by atoms with Crippen LogP contribution in [0.5, 0.6) is 0 Å². The van der Waals surface area contributed by atoms with E-state index in [2.05, 4.69) is 0 Å². The van der Waals surface area contributed by atoms with Crippen molar-refractivity contribution in [2.45, 2.75) is 29.2 Å². The molecule has 0 aromatic heterocycles. The molecule has 0 heterocycles. The Morgan fingerprint density at radius 3 is 1.00 bits per heavy atom. The van der Waals surface area contributed by atoms with Gasteiger partial charge in [0.1, 0.15) is 0 Å². The molecule has 1 radical (unpaired) electrons. The fraction of sp³-hybridized carbons (Fsp3) is 1.00. The van der Waals surface area contributed by atoms with Crippen molar-refractivity contribution < 1.29 is 32.7 Å². The van der Waals surface area contributed by atoms with Crippen molar-refractivity contribution in [3.63, 3.8) is 0 Å². The summed E-state index contributed by atoms with van der Waals surface area (Å²) >= 11 is 0. The average Bonchev–Trinajstić information content (AvgIpc) is 1.46. The van der Waals surface area contributed by atoms with E-state index < -0.39 is 0 Å². The van der Waals surface area contributed by atoms with Gasteiger partial charge in [-0.05, 0) is 0 Å². The summed E-state index contributed by atoms with van der Waals surface area (Å²) in [4.78, 5) is 0. The Bertz CT molecular complexity index is 11.0. The quantitative estimate of drug-likeness (QED) is 0.587. The first-order valence-corrected chi connectivity index (χ1v) is 1.56. The normalized spacial score (nSPS) is 2.67. The van der Waals surface area contributed by atoms with E-state index in [0.29, 0.717) is 6.54 Å². The van der Waals surface area contributed by atoms with Crippen LogP contribution in [0.15, 0.2) is 0 Å². The zero-order valence-corrected chi connectivity index (χ0v) is 7.12. The molecule has 0 amide bonds. The van der Waals surface area contributed by atoms with Crippen LogP contribution < -0.4 is 0 Å². The Labute approximate surface area is 86.7 Å². The molecule has 0 atom stereocenters. The topological polar surface area (TPSA) is 47.6 Å². The van der Waals surface area contributed by atoms with Gasteiger partial charge in [-0.15, -0.1) is 0 Å². The fourth-order valence-electron chi connectivity index (χ4n) is 0. The van der Waals surface area contributed by atoms with Crippen LogP contribution in [0.25, 0.3) is 11.5 Å². The minimum atomic E-state index is 0. The van der Waals surface area contributed by atoms with Crippen LogP contribution in [0.2, 0.25) is 0 Å². The molecule has 0 aliphatic heterocycles. The van der Waals surface area contributed by atoms with Crippen LogP contribution in [-0.2, 0) is 32.7 Å². The van der Waals surface area contributed by atoms with Crippen LogP contribution in [-0.4, -0.2) is 13.6 Å². The smallest absolute Gasteiger partial charge is 0 e. The molecule has 0 saturated carbocycles. The zero-order valence-electron chi connectivity index (χ0n) is 4.28. The molecule has 0 rings (SSSR count). The van der Waals surface area contributed by atoms with Crippen molar-refractivity contribution in [3.8, 4) is 0 Å². The van der Waals surface area contributed by atoms with Gasteiger partial charge in [-0.1, -0.05) is 29.2 Å². The van der Waals surface area contributed by atoms with Gasteiger partial charge >= 0.3 is 0 Å². The van der Waals surface area contributed by atoms with Crippen LogP contribution in [0, 0.1) is 0 Å². The zero-order chi connectivity index (χ0) is 4.71. The molecule has 0 unspecified atom stereocenters. The minimum absolute atomic E-state index is 0. The van der Waals surface area contributed by atoms with Crippen molar-refractivity contribution in [2.75, 3.05) is 13.6 Å². The number of nitrogens with one attached hydrogen (secondary N) is 2. The monoisotopic (exact) mass is 211 g/mol. The van der Waals surface area contributed by atoms with E-state index in [-0.39, 0.29) is 55.0 Å². The standard InChI is InChI=1S/C2H6N.CH4N.3CH4.Y/c1-2-3;1-2;;;;/h3H,2H2,1H3;2H,1H3;3*1H4;/q2*-1;;;;. The summed E-state index contributed by atoms with van der Waals surface area (Å²) in [5.41, 5.74) is 12.0. The summed E-state index contributed by atoms with van der Waals surface area (Å²) in [6, 6.07) is 0. The van der Waals surface area contributed by atoms with Gasteiger partial charge in [0.05, 0.1) is 0 Å². The van der Waals surface area contributed by atoms with Crippen molar-refractivity contribution in [3.05, 3.63) is 11.5 Å². The molecule has 0 bridgehead atoms. The maximum Gasteiger partial charge on any atom is 0 e. The van der Waals surface area contributed by atoms with Gasteiger partial charge in [-0.2, -0.15) is 13.6 Å². The largest absolute Gasteiger partial charge is 0.680 e. The average molecular weight is 211 g/mol. The van der Waals surface area contributed by atoms with Crippen LogP contribution in [0.4, 0.5) is 0 Å². The summed E-state index contributed by atoms with van der Waals surface area (Å²) in [6.07, 6.45) is 0. The van der Waals surface area contributed by atoms with Gasteiger partial charge in [-0.25, -0.2) is 0 Å². The first-order valence-electron chi connectivity index (χ1n) is 1.56. The van der Waals surface area contributed by atoms with E-state index in [0.717, 1.165) is 0 Å². The fourth-order valence-corrected chi connectivity index (χ4v) is 0. The summed E-state index contributed by atoms with van der Waals surface area (Å²) in [7, 11) is 1.25. The second-order valence-corrected chi connectivity index (χ2v) is 0.354. The van der Waals surface area contributed by atoms with Crippen LogP contribution in [0.3, 0.4) is 0 Å². The Morgan fingerprint density at radius 1 is 1.00 bits per heavy atom. The van der Waals surface area contributed by atoms with Crippen molar-refractivity contribution in [2.24, 2.45) is 0 Å².